The number of hydrogen-bond donors (Lipinski definition) is 0. The zero-order valence-corrected chi connectivity index (χ0v) is 12.2. The summed E-state index contributed by atoms with van der Waals surface area (Å²) in [6.07, 6.45) is 4.35. The highest BCUT2D eigenvalue weighted by molar-refractivity contribution is 9.10. The van der Waals surface area contributed by atoms with Crippen LogP contribution >= 0.6 is 15.9 Å². The van der Waals surface area contributed by atoms with E-state index in [1.165, 1.54) is 0 Å². The van der Waals surface area contributed by atoms with Gasteiger partial charge in [-0.1, -0.05) is 13.8 Å². The summed E-state index contributed by atoms with van der Waals surface area (Å²) in [5.41, 5.74) is 1.99. The number of pyridine rings is 1. The summed E-state index contributed by atoms with van der Waals surface area (Å²) in [7, 11) is 0. The molecule has 0 spiro atoms. The first-order valence-corrected chi connectivity index (χ1v) is 6.74. The molecule has 6 nitrogen and oxygen atoms in total. The molecule has 19 heavy (non-hydrogen) atoms. The first-order valence-electron chi connectivity index (χ1n) is 5.95. The van der Waals surface area contributed by atoms with Crippen molar-refractivity contribution in [3.8, 4) is 5.69 Å². The Morgan fingerprint density at radius 3 is 2.68 bits per heavy atom. The Kier molecular flexibility index (Phi) is 3.94. The van der Waals surface area contributed by atoms with E-state index in [-0.39, 0.29) is 10.6 Å². The maximum Gasteiger partial charge on any atom is 0.313 e. The van der Waals surface area contributed by atoms with Crippen molar-refractivity contribution in [2.24, 2.45) is 0 Å². The van der Waals surface area contributed by atoms with E-state index in [1.807, 2.05) is 13.8 Å². The molecule has 0 atom stereocenters. The van der Waals surface area contributed by atoms with Gasteiger partial charge >= 0.3 is 5.69 Å². The quantitative estimate of drug-likeness (QED) is 0.640. The third-order valence-electron chi connectivity index (χ3n) is 2.85. The molecule has 0 unspecified atom stereocenters. The average molecular weight is 325 g/mol. The molecule has 2 rings (SSSR count). The highest BCUT2D eigenvalue weighted by atomic mass is 79.9. The predicted molar refractivity (Wildman–Crippen MR) is 74.5 cm³/mol. The van der Waals surface area contributed by atoms with Crippen molar-refractivity contribution >= 4 is 21.6 Å². The van der Waals surface area contributed by atoms with Gasteiger partial charge in [-0.2, -0.15) is 5.10 Å². The van der Waals surface area contributed by atoms with E-state index in [0.29, 0.717) is 24.2 Å². The fraction of sp³-hybridized carbons (Fsp3) is 0.333. The normalized spacial score (nSPS) is 10.7. The number of halogens is 1. The highest BCUT2D eigenvalue weighted by Gasteiger charge is 2.26. The Balaban J connectivity index is 2.71. The van der Waals surface area contributed by atoms with Crippen molar-refractivity contribution in [1.82, 2.24) is 14.8 Å². The molecule has 0 aromatic carbocycles. The second-order valence-electron chi connectivity index (χ2n) is 3.95. The molecular weight excluding hydrogens is 312 g/mol. The lowest BCUT2D eigenvalue weighted by Crippen LogP contribution is -2.03. The Morgan fingerprint density at radius 2 is 2.16 bits per heavy atom. The average Bonchev–Trinajstić information content (AvgIpc) is 2.77. The van der Waals surface area contributed by atoms with Crippen molar-refractivity contribution in [2.45, 2.75) is 26.7 Å². The molecule has 7 heteroatoms. The molecule has 0 aliphatic carbocycles. The molecule has 0 bridgehead atoms. The molecule has 0 N–H and O–H groups in total. The van der Waals surface area contributed by atoms with Gasteiger partial charge in [0, 0.05) is 12.4 Å². The molecule has 0 amide bonds. The zero-order chi connectivity index (χ0) is 14.0. The van der Waals surface area contributed by atoms with Gasteiger partial charge in [-0.05, 0) is 34.8 Å². The van der Waals surface area contributed by atoms with Gasteiger partial charge in [-0.15, -0.1) is 0 Å². The zero-order valence-electron chi connectivity index (χ0n) is 10.6. The van der Waals surface area contributed by atoms with Gasteiger partial charge in [-0.3, -0.25) is 15.1 Å². The van der Waals surface area contributed by atoms with Crippen LogP contribution in [0.2, 0.25) is 0 Å². The molecule has 0 aliphatic heterocycles. The van der Waals surface area contributed by atoms with Gasteiger partial charge in [-0.25, -0.2) is 4.68 Å². The molecule has 100 valence electrons. The third-order valence-corrected chi connectivity index (χ3v) is 3.47. The van der Waals surface area contributed by atoms with E-state index in [0.717, 1.165) is 10.2 Å². The minimum atomic E-state index is -0.351. The summed E-state index contributed by atoms with van der Waals surface area (Å²) in [5, 5.41) is 15.6. The lowest BCUT2D eigenvalue weighted by atomic mass is 10.2. The number of aryl methyl sites for hydroxylation is 1. The van der Waals surface area contributed by atoms with Gasteiger partial charge in [0.1, 0.15) is 11.4 Å². The Morgan fingerprint density at radius 1 is 1.42 bits per heavy atom. The Bertz CT molecular complexity index is 624. The molecule has 0 radical (unpaired) electrons. The molecule has 0 saturated heterocycles. The van der Waals surface area contributed by atoms with Crippen molar-refractivity contribution < 1.29 is 4.92 Å². The minimum absolute atomic E-state index is 0.119. The summed E-state index contributed by atoms with van der Waals surface area (Å²) in [6, 6.07) is 1.78. The van der Waals surface area contributed by atoms with Crippen molar-refractivity contribution in [3.63, 3.8) is 0 Å². The Hall–Kier alpha value is -1.76. The summed E-state index contributed by atoms with van der Waals surface area (Å²) in [5.74, 6) is 0. The van der Waals surface area contributed by atoms with Crippen LogP contribution < -0.4 is 0 Å². The van der Waals surface area contributed by atoms with Gasteiger partial charge in [0.05, 0.1) is 15.1 Å². The van der Waals surface area contributed by atoms with Crippen molar-refractivity contribution in [3.05, 3.63) is 44.4 Å². The van der Waals surface area contributed by atoms with E-state index in [2.05, 4.69) is 26.0 Å². The van der Waals surface area contributed by atoms with Crippen LogP contribution in [0.4, 0.5) is 5.69 Å². The monoisotopic (exact) mass is 324 g/mol. The van der Waals surface area contributed by atoms with Crippen molar-refractivity contribution in [2.75, 3.05) is 0 Å². The van der Waals surface area contributed by atoms with E-state index >= 15 is 0 Å². The van der Waals surface area contributed by atoms with E-state index in [1.54, 1.807) is 23.1 Å². The van der Waals surface area contributed by atoms with Crippen LogP contribution in [0.1, 0.15) is 25.2 Å². The summed E-state index contributed by atoms with van der Waals surface area (Å²) < 4.78 is 2.38. The highest BCUT2D eigenvalue weighted by Crippen LogP contribution is 2.29. The molecule has 2 aromatic rings. The standard InChI is InChI=1S/C12H13BrN4O2/c1-3-9-12(17(18)19)10(4-2)16(15-9)11-5-6-14-7-8(11)13/h5-7H,3-4H2,1-2H3. The van der Waals surface area contributed by atoms with Gasteiger partial charge in [0.15, 0.2) is 0 Å². The topological polar surface area (TPSA) is 73.8 Å². The molecule has 2 heterocycles. The van der Waals surface area contributed by atoms with Gasteiger partial charge in [0.25, 0.3) is 0 Å². The minimum Gasteiger partial charge on any atom is -0.263 e. The maximum atomic E-state index is 11.2. The molecule has 2 aromatic heterocycles. The Labute approximate surface area is 118 Å². The number of rotatable bonds is 4. The molecular formula is C12H13BrN4O2. The smallest absolute Gasteiger partial charge is 0.263 e. The largest absolute Gasteiger partial charge is 0.313 e. The molecule has 0 aliphatic rings. The third kappa shape index (κ3) is 2.37. The number of aromatic nitrogens is 3. The van der Waals surface area contributed by atoms with Crippen LogP contribution in [0.25, 0.3) is 5.69 Å². The summed E-state index contributed by atoms with van der Waals surface area (Å²) in [6.45, 7) is 3.75. The van der Waals surface area contributed by atoms with E-state index < -0.39 is 0 Å². The van der Waals surface area contributed by atoms with Crippen LogP contribution in [-0.2, 0) is 12.8 Å². The van der Waals surface area contributed by atoms with E-state index in [9.17, 15) is 10.1 Å². The maximum absolute atomic E-state index is 11.2. The number of nitro groups is 1. The molecule has 0 fully saturated rings. The second-order valence-corrected chi connectivity index (χ2v) is 4.80. The van der Waals surface area contributed by atoms with Gasteiger partial charge < -0.3 is 0 Å². The van der Waals surface area contributed by atoms with Gasteiger partial charge in [0.2, 0.25) is 0 Å². The lowest BCUT2D eigenvalue weighted by Gasteiger charge is -2.06. The summed E-state index contributed by atoms with van der Waals surface area (Å²) >= 11 is 3.40. The van der Waals surface area contributed by atoms with E-state index in [4.69, 9.17) is 0 Å². The second kappa shape index (κ2) is 5.48. The predicted octanol–water partition coefficient (Wildman–Crippen LogP) is 3.06. The first-order chi connectivity index (χ1) is 9.10. The van der Waals surface area contributed by atoms with Crippen LogP contribution in [-0.4, -0.2) is 19.7 Å². The first kappa shape index (κ1) is 13.7. The summed E-state index contributed by atoms with van der Waals surface area (Å²) in [4.78, 5) is 14.9. The number of hydrogen-bond acceptors (Lipinski definition) is 4. The fourth-order valence-corrected chi connectivity index (χ4v) is 2.42. The molecule has 0 saturated carbocycles. The van der Waals surface area contributed by atoms with Crippen LogP contribution in [0, 0.1) is 10.1 Å². The van der Waals surface area contributed by atoms with Crippen LogP contribution in [0.5, 0.6) is 0 Å². The van der Waals surface area contributed by atoms with Crippen LogP contribution in [0.15, 0.2) is 22.9 Å². The SMILES string of the molecule is CCc1nn(-c2ccncc2Br)c(CC)c1[N+](=O)[O-]. The van der Waals surface area contributed by atoms with Crippen LogP contribution in [0.3, 0.4) is 0 Å². The van der Waals surface area contributed by atoms with Crippen molar-refractivity contribution in [1.29, 1.82) is 0 Å². The lowest BCUT2D eigenvalue weighted by molar-refractivity contribution is -0.386. The fourth-order valence-electron chi connectivity index (χ4n) is 2.00. The number of nitrogens with zero attached hydrogens (tertiary/aromatic N) is 4.